The minimum absolute atomic E-state index is 0.0837. The van der Waals surface area contributed by atoms with Crippen molar-refractivity contribution >= 4 is 158 Å². The highest BCUT2D eigenvalue weighted by Gasteiger charge is 2.40. The van der Waals surface area contributed by atoms with Gasteiger partial charge in [0.15, 0.2) is 67.9 Å². The quantitative estimate of drug-likeness (QED) is 0.0136. The Morgan fingerprint density at radius 1 is 0.444 bits per heavy atom. The average molecular weight is 1650 g/mol. The van der Waals surface area contributed by atoms with E-state index in [2.05, 4.69) is 185 Å². The third-order valence-electron chi connectivity index (χ3n) is 19.1. The van der Waals surface area contributed by atoms with Crippen molar-refractivity contribution in [3.8, 4) is 0 Å². The van der Waals surface area contributed by atoms with Gasteiger partial charge in [-0.3, -0.25) is 18.3 Å². The second-order valence-corrected chi connectivity index (χ2v) is 54.7. The molecule has 8 aromatic heterocycles. The molecule has 0 spiro atoms. The number of hydrogen-bond acceptors (Lipinski definition) is 28. The third kappa shape index (κ3) is 21.3. The summed E-state index contributed by atoms with van der Waals surface area (Å²) in [5, 5.41) is 92.4. The highest BCUT2D eigenvalue weighted by molar-refractivity contribution is 6.88. The van der Waals surface area contributed by atoms with Crippen LogP contribution in [0.3, 0.4) is 0 Å². The number of anilines is 5. The zero-order valence-electron chi connectivity index (χ0n) is 63.4. The van der Waals surface area contributed by atoms with E-state index in [1.165, 1.54) is 36.5 Å². The van der Waals surface area contributed by atoms with Crippen LogP contribution in [0.1, 0.15) is 88.8 Å². The van der Waals surface area contributed by atoms with Crippen LogP contribution in [-0.4, -0.2) is 245 Å². The van der Waals surface area contributed by atoms with Crippen LogP contribution in [0.15, 0.2) is 43.5 Å². The summed E-state index contributed by atoms with van der Waals surface area (Å²) in [6, 6.07) is 8.93. The van der Waals surface area contributed by atoms with Crippen molar-refractivity contribution in [2.75, 3.05) is 66.6 Å². The predicted octanol–water partition coefficient (Wildman–Crippen LogP) is 9.36. The second kappa shape index (κ2) is 36.3. The first-order valence-electron chi connectivity index (χ1n) is 36.6. The maximum atomic E-state index is 10.1. The summed E-state index contributed by atoms with van der Waals surface area (Å²) in [6.07, 6.45) is 7.21. The Bertz CT molecular complexity index is 4490. The van der Waals surface area contributed by atoms with Gasteiger partial charge in [0.05, 0.1) is 100 Å². The highest BCUT2D eigenvalue weighted by atomic mass is 35.5. The number of nitrogens with one attached hydrogen (secondary N) is 4. The van der Waals surface area contributed by atoms with Crippen molar-refractivity contribution in [2.45, 2.75) is 223 Å². The summed E-state index contributed by atoms with van der Waals surface area (Å²) < 4.78 is 29.8. The molecule has 108 heavy (non-hydrogen) atoms. The Morgan fingerprint density at radius 2 is 0.796 bits per heavy atom. The fourth-order valence-electron chi connectivity index (χ4n) is 12.9. The molecule has 13 rings (SSSR count). The lowest BCUT2D eigenvalue weighted by Crippen LogP contribution is -2.37. The lowest BCUT2D eigenvalue weighted by Gasteiger charge is -2.23. The van der Waals surface area contributed by atoms with E-state index in [0.717, 1.165) is 36.6 Å². The molecule has 40 heteroatoms. The van der Waals surface area contributed by atoms with Crippen molar-refractivity contribution in [1.82, 2.24) is 78.1 Å². The van der Waals surface area contributed by atoms with E-state index in [4.69, 9.17) is 65.4 Å². The van der Waals surface area contributed by atoms with Crippen molar-refractivity contribution in [2.24, 2.45) is 0 Å². The normalized spacial score (nSPS) is 23.2. The van der Waals surface area contributed by atoms with Gasteiger partial charge in [-0.05, 0) is 71.4 Å². The van der Waals surface area contributed by atoms with E-state index in [0.29, 0.717) is 93.6 Å². The van der Waals surface area contributed by atoms with E-state index >= 15 is 0 Å². The van der Waals surface area contributed by atoms with Crippen molar-refractivity contribution in [3.63, 3.8) is 0 Å². The van der Waals surface area contributed by atoms with Gasteiger partial charge < -0.3 is 81.1 Å². The van der Waals surface area contributed by atoms with Gasteiger partial charge in [0, 0.05) is 58.3 Å². The number of rotatable bonds is 26. The molecule has 1 aromatic carbocycles. The lowest BCUT2D eigenvalue weighted by molar-refractivity contribution is -0.0432. The largest absolute Gasteiger partial charge is 0.394 e. The average Bonchev–Trinajstić information content (AvgIpc) is 1.89. The first-order chi connectivity index (χ1) is 51.1. The SMILES string of the molecule is CCCCC[Si](C)(C)CNc1nc(Cl)nc2c1ncn2[C@H]1C[C@H](O)[C@@H](CO)O1.C[Si](C)(C)CCCNc1nc(Cl)nc2c1ncn2[C@H]1C[C@H](O)[C@@H](CO)O1.C[Si](C)(C)CNc1nc(Cl)nc2c1ncn2[C@H]1C[C@H](O)[C@@H](CO)O1.Cc1cc([Si](C)(C)C)ccc1Nc1nc(Cl)nc2c1ncn2[C@H]1C[C@H](O)[C@@H](CO)O1. The Balaban J connectivity index is 0.000000154. The molecule has 4 fully saturated rings. The van der Waals surface area contributed by atoms with E-state index < -0.39 is 106 Å². The molecule has 4 saturated heterocycles. The summed E-state index contributed by atoms with van der Waals surface area (Å²) in [4.78, 5) is 52.1. The summed E-state index contributed by atoms with van der Waals surface area (Å²) in [5.41, 5.74) is 6.62. The minimum Gasteiger partial charge on any atom is -0.394 e. The zero-order chi connectivity index (χ0) is 78.3. The van der Waals surface area contributed by atoms with Crippen molar-refractivity contribution < 1.29 is 59.8 Å². The topological polar surface area (TPSA) is 421 Å². The number of fused-ring (bicyclic) bond motifs is 4. The number of nitrogens with zero attached hydrogens (tertiary/aromatic N) is 16. The maximum Gasteiger partial charge on any atom is 0.226 e. The number of hydrogen-bond donors (Lipinski definition) is 12. The van der Waals surface area contributed by atoms with Gasteiger partial charge in [-0.25, -0.2) is 19.9 Å². The molecule has 12 heterocycles. The van der Waals surface area contributed by atoms with Crippen LogP contribution in [0.2, 0.25) is 105 Å². The Labute approximate surface area is 651 Å². The smallest absolute Gasteiger partial charge is 0.226 e. The van der Waals surface area contributed by atoms with E-state index in [1.54, 1.807) is 43.6 Å². The predicted molar refractivity (Wildman–Crippen MR) is 429 cm³/mol. The molecule has 32 nitrogen and oxygen atoms in total. The number of imidazole rings is 4. The minimum atomic E-state index is -1.40. The molecule has 0 amide bonds. The number of benzene rings is 1. The Morgan fingerprint density at radius 3 is 1.12 bits per heavy atom. The van der Waals surface area contributed by atoms with Crippen molar-refractivity contribution in [1.29, 1.82) is 0 Å². The summed E-state index contributed by atoms with van der Waals surface area (Å²) in [6.45, 7) is 29.6. The van der Waals surface area contributed by atoms with Crippen LogP contribution < -0.4 is 26.5 Å². The first-order valence-corrected chi connectivity index (χ1v) is 52.4. The molecule has 4 aliphatic rings. The summed E-state index contributed by atoms with van der Waals surface area (Å²) >= 11 is 24.6. The van der Waals surface area contributed by atoms with Gasteiger partial charge in [0.2, 0.25) is 21.1 Å². The zero-order valence-corrected chi connectivity index (χ0v) is 70.4. The fourth-order valence-corrected chi connectivity index (χ4v) is 18.8. The molecule has 0 unspecified atom stereocenters. The summed E-state index contributed by atoms with van der Waals surface area (Å²) in [5.74, 6) is 2.34. The van der Waals surface area contributed by atoms with Gasteiger partial charge in [-0.1, -0.05) is 128 Å². The number of aliphatic hydroxyl groups excluding tert-OH is 8. The number of aryl methyl sites for hydroxylation is 1. The standard InChI is InChI=1S/C20H26ClN5O3Si.C18H30ClN5O3Si.C16H26ClN5O3Si.C14H22ClN5O3Si/c1-11-7-12(30(2,3)4)5-6-13(11)23-18-17-19(25-20(21)24-18)26(10-22-17)16-8-14(28)15(9-27)29-16;1-4-5-6-7-28(2,3)11-21-16-15-17(23-18(19)22-16)24(10-20-15)14-8-12(26)13(9-25)27-14;1-26(2,3)6-4-5-18-14-13-15(21-16(17)20-14)22(9-19-13)12-7-10(24)11(8-23)25-12;1-24(2,3)7-17-12-11-13(19-14(15)18-12)20(6-16-11)10-4-8(22)9(5-21)23-10/h5-7,10,14-16,27-28H,8-9H2,1-4H3,(H,23,24,25);10,12-14,25-26H,4-9,11H2,1-3H3,(H,21,22,23);9-12,23-24H,4-8H2,1-3H3,(H,18,20,21);6,8-10,21-22H,4-5,7H2,1-3H3,(H,17,18,19)/t14-,15+,16+;12-,13+,14+;10-,11+,12+;8-,9+,10+/m0000/s1. The number of aliphatic hydroxyl groups is 8. The number of aromatic nitrogens is 16. The molecule has 12 atom stereocenters. The number of halogens is 4. The molecule has 12 N–H and O–H groups in total. The second-order valence-electron chi connectivity index (χ2n) is 32.0. The van der Waals surface area contributed by atoms with Crippen molar-refractivity contribution in [3.05, 3.63) is 70.2 Å². The van der Waals surface area contributed by atoms with Crippen LogP contribution in [-0.2, 0) is 18.9 Å². The van der Waals surface area contributed by atoms with Crippen LogP contribution >= 0.6 is 46.4 Å². The molecule has 0 aliphatic carbocycles. The van der Waals surface area contributed by atoms with Crippen LogP contribution in [0.25, 0.3) is 44.7 Å². The van der Waals surface area contributed by atoms with E-state index in [1.807, 2.05) is 0 Å². The van der Waals surface area contributed by atoms with Gasteiger partial charge in [-0.15, -0.1) is 0 Å². The molecule has 4 aliphatic heterocycles. The summed E-state index contributed by atoms with van der Waals surface area (Å²) in [7, 11) is -5.20. The molecular weight excluding hydrogens is 1540 g/mol. The first kappa shape index (κ1) is 84.6. The molecule has 0 saturated carbocycles. The molecular formula is C68H104Cl4N20O12Si4. The number of unbranched alkanes of at least 4 members (excludes halogenated alkanes) is 2. The molecule has 0 radical (unpaired) electrons. The highest BCUT2D eigenvalue weighted by Crippen LogP contribution is 2.38. The molecule has 592 valence electrons. The third-order valence-corrected chi connectivity index (χ3v) is 27.7. The van der Waals surface area contributed by atoms with Gasteiger partial charge >= 0.3 is 0 Å². The van der Waals surface area contributed by atoms with Crippen LogP contribution in [0.4, 0.5) is 29.0 Å². The Hall–Kier alpha value is -5.83. The Kier molecular flexibility index (Phi) is 28.5. The number of ether oxygens (including phenoxy) is 4. The van der Waals surface area contributed by atoms with E-state index in [-0.39, 0.29) is 47.6 Å². The van der Waals surface area contributed by atoms with Gasteiger partial charge in [0.1, 0.15) is 49.3 Å². The van der Waals surface area contributed by atoms with Crippen LogP contribution in [0.5, 0.6) is 0 Å². The maximum absolute atomic E-state index is 10.1. The molecule has 0 bridgehead atoms. The fraction of sp³-hybridized carbons (Fsp3) is 0.618. The monoisotopic (exact) mass is 1640 g/mol. The van der Waals surface area contributed by atoms with Gasteiger partial charge in [-0.2, -0.15) is 39.9 Å². The van der Waals surface area contributed by atoms with E-state index in [9.17, 15) is 40.9 Å². The van der Waals surface area contributed by atoms with Crippen LogP contribution in [0, 0.1) is 6.92 Å². The molecule has 9 aromatic rings. The lowest BCUT2D eigenvalue weighted by atomic mass is 10.2. The van der Waals surface area contributed by atoms with Gasteiger partial charge in [0.25, 0.3) is 0 Å².